The number of ether oxygens (including phenoxy) is 1. The first-order valence-electron chi connectivity index (χ1n) is 11.5. The molecule has 2 amide bonds. The molecule has 1 aliphatic rings. The standard InChI is InChI=1S/C21H32N8O8/c1-21(2,10-30)17(34)18(35)23-5-3-14(31)24-7-11-8-28(27-26-11)9-12-15(32)16(33)19(37-12)29-6-4-13(22)25-20(29)36/h4,6,8,12,15-17,19,30,32-34H,3,5,7,9-10H2,1-2H3,(H,23,35)(H,24,31)(H2,22,25,36)/t12-,15-,16-,17-,19-/m1/s1. The van der Waals surface area contributed by atoms with Crippen molar-refractivity contribution in [1.29, 1.82) is 0 Å². The van der Waals surface area contributed by atoms with Crippen molar-refractivity contribution in [2.24, 2.45) is 5.41 Å². The third-order valence-corrected chi connectivity index (χ3v) is 5.93. The van der Waals surface area contributed by atoms with E-state index in [1.165, 1.54) is 37.0 Å². The summed E-state index contributed by atoms with van der Waals surface area (Å²) < 4.78 is 8.06. The summed E-state index contributed by atoms with van der Waals surface area (Å²) in [6.45, 7) is 2.73. The zero-order chi connectivity index (χ0) is 27.3. The number of aliphatic hydroxyl groups is 4. The maximum atomic E-state index is 12.1. The number of anilines is 1. The summed E-state index contributed by atoms with van der Waals surface area (Å²) in [5, 5.41) is 52.8. The van der Waals surface area contributed by atoms with Gasteiger partial charge in [-0.3, -0.25) is 14.2 Å². The molecule has 0 bridgehead atoms. The molecule has 0 aliphatic carbocycles. The summed E-state index contributed by atoms with van der Waals surface area (Å²) in [4.78, 5) is 39.6. The predicted octanol–water partition coefficient (Wildman–Crippen LogP) is -3.76. The fourth-order valence-corrected chi connectivity index (χ4v) is 3.54. The molecule has 16 nitrogen and oxygen atoms in total. The minimum atomic E-state index is -1.42. The quantitative estimate of drug-likeness (QED) is 0.150. The molecular weight excluding hydrogens is 492 g/mol. The largest absolute Gasteiger partial charge is 0.396 e. The molecule has 0 saturated carbocycles. The molecule has 3 heterocycles. The second kappa shape index (κ2) is 11.7. The van der Waals surface area contributed by atoms with Gasteiger partial charge in [-0.1, -0.05) is 19.1 Å². The van der Waals surface area contributed by atoms with Crippen LogP contribution < -0.4 is 22.1 Å². The van der Waals surface area contributed by atoms with Gasteiger partial charge < -0.3 is 41.5 Å². The number of amides is 2. The highest BCUT2D eigenvalue weighted by Gasteiger charge is 2.44. The van der Waals surface area contributed by atoms with E-state index in [1.807, 2.05) is 0 Å². The summed E-state index contributed by atoms with van der Waals surface area (Å²) in [5.41, 5.74) is 4.13. The van der Waals surface area contributed by atoms with Crippen LogP contribution in [0.1, 0.15) is 32.2 Å². The Bertz CT molecular complexity index is 1150. The first-order valence-corrected chi connectivity index (χ1v) is 11.5. The Hall–Kier alpha value is -3.44. The van der Waals surface area contributed by atoms with Crippen LogP contribution >= 0.6 is 0 Å². The molecule has 5 atom stereocenters. The molecule has 0 aromatic carbocycles. The van der Waals surface area contributed by atoms with Gasteiger partial charge in [0, 0.05) is 24.6 Å². The van der Waals surface area contributed by atoms with Crippen LogP contribution in [0, 0.1) is 5.41 Å². The molecule has 1 fully saturated rings. The van der Waals surface area contributed by atoms with Crippen LogP contribution in [-0.2, 0) is 27.4 Å². The van der Waals surface area contributed by atoms with E-state index in [-0.39, 0.29) is 44.4 Å². The second-order valence-electron chi connectivity index (χ2n) is 9.39. The minimum absolute atomic E-state index is 0.00533. The third kappa shape index (κ3) is 6.86. The summed E-state index contributed by atoms with van der Waals surface area (Å²) in [6.07, 6.45) is -3.44. The molecule has 0 spiro atoms. The van der Waals surface area contributed by atoms with Gasteiger partial charge in [0.2, 0.25) is 11.8 Å². The number of rotatable bonds is 11. The lowest BCUT2D eigenvalue weighted by molar-refractivity contribution is -0.137. The van der Waals surface area contributed by atoms with Gasteiger partial charge in [-0.15, -0.1) is 5.10 Å². The van der Waals surface area contributed by atoms with Crippen LogP contribution in [0.4, 0.5) is 5.82 Å². The predicted molar refractivity (Wildman–Crippen MR) is 125 cm³/mol. The van der Waals surface area contributed by atoms with Gasteiger partial charge in [-0.2, -0.15) is 4.98 Å². The Morgan fingerprint density at radius 3 is 2.68 bits per heavy atom. The van der Waals surface area contributed by atoms with Crippen molar-refractivity contribution in [2.45, 2.75) is 64.0 Å². The highest BCUT2D eigenvalue weighted by atomic mass is 16.6. The number of aliphatic hydroxyl groups excluding tert-OH is 4. The van der Waals surface area contributed by atoms with Crippen molar-refractivity contribution in [2.75, 3.05) is 18.9 Å². The highest BCUT2D eigenvalue weighted by Crippen LogP contribution is 2.29. The number of nitrogen functional groups attached to an aromatic ring is 1. The van der Waals surface area contributed by atoms with Crippen molar-refractivity contribution in [3.05, 3.63) is 34.6 Å². The number of carbonyl (C=O) groups excluding carboxylic acids is 2. The summed E-state index contributed by atoms with van der Waals surface area (Å²) in [6, 6.07) is 1.37. The molecule has 1 saturated heterocycles. The summed E-state index contributed by atoms with van der Waals surface area (Å²) >= 11 is 0. The van der Waals surface area contributed by atoms with Gasteiger partial charge in [0.25, 0.3) is 0 Å². The van der Waals surface area contributed by atoms with Gasteiger partial charge in [0.1, 0.15) is 35.9 Å². The molecular formula is C21H32N8O8. The summed E-state index contributed by atoms with van der Waals surface area (Å²) in [5.74, 6) is -1.05. The van der Waals surface area contributed by atoms with Crippen LogP contribution in [0.15, 0.2) is 23.3 Å². The van der Waals surface area contributed by atoms with Gasteiger partial charge in [0.05, 0.1) is 25.9 Å². The van der Waals surface area contributed by atoms with Crippen LogP contribution in [0.5, 0.6) is 0 Å². The maximum Gasteiger partial charge on any atom is 0.351 e. The Morgan fingerprint density at radius 1 is 1.27 bits per heavy atom. The molecule has 0 radical (unpaired) electrons. The van der Waals surface area contributed by atoms with Crippen molar-refractivity contribution in [1.82, 2.24) is 35.2 Å². The molecule has 3 rings (SSSR count). The number of hydrogen-bond donors (Lipinski definition) is 7. The van der Waals surface area contributed by atoms with Crippen LogP contribution in [-0.4, -0.2) is 94.4 Å². The number of nitrogens with two attached hydrogens (primary N) is 1. The number of nitrogens with zero attached hydrogens (tertiary/aromatic N) is 5. The molecule has 37 heavy (non-hydrogen) atoms. The lowest BCUT2D eigenvalue weighted by Crippen LogP contribution is -2.46. The monoisotopic (exact) mass is 524 g/mol. The van der Waals surface area contributed by atoms with Crippen molar-refractivity contribution in [3.63, 3.8) is 0 Å². The fourth-order valence-electron chi connectivity index (χ4n) is 3.54. The average molecular weight is 525 g/mol. The first kappa shape index (κ1) is 28.1. The zero-order valence-corrected chi connectivity index (χ0v) is 20.4. The van der Waals surface area contributed by atoms with Crippen LogP contribution in [0.3, 0.4) is 0 Å². The molecule has 8 N–H and O–H groups in total. The molecule has 16 heteroatoms. The second-order valence-corrected chi connectivity index (χ2v) is 9.39. The third-order valence-electron chi connectivity index (χ3n) is 5.93. The molecule has 2 aromatic rings. The van der Waals surface area contributed by atoms with E-state index >= 15 is 0 Å². The van der Waals surface area contributed by atoms with Crippen molar-refractivity contribution < 1.29 is 34.8 Å². The van der Waals surface area contributed by atoms with E-state index in [0.29, 0.717) is 5.69 Å². The Labute approximate surface area is 211 Å². The van der Waals surface area contributed by atoms with E-state index in [1.54, 1.807) is 0 Å². The van der Waals surface area contributed by atoms with Gasteiger partial charge in [-0.05, 0) is 6.07 Å². The number of aromatic nitrogens is 5. The maximum absolute atomic E-state index is 12.1. The van der Waals surface area contributed by atoms with E-state index in [4.69, 9.17) is 10.5 Å². The van der Waals surface area contributed by atoms with Crippen LogP contribution in [0.25, 0.3) is 0 Å². The molecule has 1 aliphatic heterocycles. The first-order chi connectivity index (χ1) is 17.4. The molecule has 2 aromatic heterocycles. The minimum Gasteiger partial charge on any atom is -0.396 e. The average Bonchev–Trinajstić information content (AvgIpc) is 3.42. The van der Waals surface area contributed by atoms with E-state index in [2.05, 4.69) is 25.9 Å². The molecule has 0 unspecified atom stereocenters. The Kier molecular flexibility index (Phi) is 8.93. The lowest BCUT2D eigenvalue weighted by Gasteiger charge is -2.27. The van der Waals surface area contributed by atoms with Crippen LogP contribution in [0.2, 0.25) is 0 Å². The Morgan fingerprint density at radius 2 is 2.00 bits per heavy atom. The molecule has 204 valence electrons. The number of carbonyl (C=O) groups is 2. The van der Waals surface area contributed by atoms with Crippen molar-refractivity contribution >= 4 is 17.6 Å². The van der Waals surface area contributed by atoms with E-state index < -0.39 is 47.7 Å². The van der Waals surface area contributed by atoms with E-state index in [0.717, 1.165) is 4.57 Å². The number of hydrogen-bond acceptors (Lipinski definition) is 12. The zero-order valence-electron chi connectivity index (χ0n) is 20.4. The van der Waals surface area contributed by atoms with Crippen molar-refractivity contribution in [3.8, 4) is 0 Å². The SMILES string of the molecule is CC(C)(CO)[C@H](O)C(=O)NCCC(=O)NCc1cn(C[C@H]2O[C@@H](n3ccc(N)nc3=O)[C@H](O)[C@@H]2O)nn1. The van der Waals surface area contributed by atoms with Gasteiger partial charge >= 0.3 is 5.69 Å². The van der Waals surface area contributed by atoms with Gasteiger partial charge in [-0.25, -0.2) is 9.48 Å². The number of nitrogens with one attached hydrogen (secondary N) is 2. The normalized spacial score (nSPS) is 22.5. The lowest BCUT2D eigenvalue weighted by atomic mass is 9.87. The fraction of sp³-hybridized carbons (Fsp3) is 0.619. The highest BCUT2D eigenvalue weighted by molar-refractivity contribution is 5.82. The van der Waals surface area contributed by atoms with Gasteiger partial charge in [0.15, 0.2) is 6.23 Å². The summed E-state index contributed by atoms with van der Waals surface area (Å²) in [7, 11) is 0. The Balaban J connectivity index is 1.46. The van der Waals surface area contributed by atoms with E-state index in [9.17, 15) is 34.8 Å². The smallest absolute Gasteiger partial charge is 0.351 e. The topological polar surface area (TPSA) is 240 Å².